The summed E-state index contributed by atoms with van der Waals surface area (Å²) in [5, 5.41) is 1.05. The van der Waals surface area contributed by atoms with Crippen molar-refractivity contribution in [1.82, 2.24) is 4.98 Å². The van der Waals surface area contributed by atoms with Crippen LogP contribution in [0.25, 0.3) is 0 Å². The number of hydrogen-bond donors (Lipinski definition) is 0. The molecule has 0 aliphatic heterocycles. The number of ether oxygens (including phenoxy) is 1. The van der Waals surface area contributed by atoms with E-state index in [1.807, 2.05) is 0 Å². The van der Waals surface area contributed by atoms with Crippen molar-refractivity contribution < 1.29 is 4.74 Å². The molecule has 1 aliphatic carbocycles. The first-order chi connectivity index (χ1) is 7.25. The summed E-state index contributed by atoms with van der Waals surface area (Å²) in [7, 11) is 0. The molecule has 0 aromatic carbocycles. The zero-order valence-electron chi connectivity index (χ0n) is 8.38. The first-order valence-electron chi connectivity index (χ1n) is 5.17. The molecule has 1 fully saturated rings. The van der Waals surface area contributed by atoms with Crippen LogP contribution in [0.3, 0.4) is 0 Å². The summed E-state index contributed by atoms with van der Waals surface area (Å²) in [6.45, 7) is 0.535. The molecule has 1 aliphatic rings. The molecule has 0 N–H and O–H groups in total. The quantitative estimate of drug-likeness (QED) is 0.756. The minimum atomic E-state index is 0.400. The molecule has 1 saturated carbocycles. The second-order valence-electron chi connectivity index (χ2n) is 3.82. The van der Waals surface area contributed by atoms with Crippen molar-refractivity contribution >= 4 is 23.2 Å². The molecular weight excluding hydrogens is 233 g/mol. The average Bonchev–Trinajstić information content (AvgIpc) is 2.69. The van der Waals surface area contributed by atoms with Gasteiger partial charge in [0.1, 0.15) is 5.15 Å². The summed E-state index contributed by atoms with van der Waals surface area (Å²) in [6, 6.07) is 1.65. The first-order valence-corrected chi connectivity index (χ1v) is 5.93. The van der Waals surface area contributed by atoms with Gasteiger partial charge in [0.05, 0.1) is 17.7 Å². The Bertz CT molecular complexity index is 337. The molecule has 0 spiro atoms. The summed E-state index contributed by atoms with van der Waals surface area (Å²) in [6.07, 6.45) is 6.96. The Morgan fingerprint density at radius 3 is 2.73 bits per heavy atom. The fourth-order valence-electron chi connectivity index (χ4n) is 1.80. The Morgan fingerprint density at radius 2 is 2.07 bits per heavy atom. The first kappa shape index (κ1) is 11.2. The van der Waals surface area contributed by atoms with Gasteiger partial charge in [0.15, 0.2) is 0 Å². The Labute approximate surface area is 99.6 Å². The lowest BCUT2D eigenvalue weighted by molar-refractivity contribution is 0.0456. The number of hydrogen-bond acceptors (Lipinski definition) is 2. The van der Waals surface area contributed by atoms with Gasteiger partial charge in [-0.3, -0.25) is 0 Å². The maximum Gasteiger partial charge on any atom is 0.130 e. The van der Waals surface area contributed by atoms with E-state index < -0.39 is 0 Å². The van der Waals surface area contributed by atoms with E-state index >= 15 is 0 Å². The highest BCUT2D eigenvalue weighted by Gasteiger charge is 2.15. The molecule has 82 valence electrons. The molecule has 0 radical (unpaired) electrons. The summed E-state index contributed by atoms with van der Waals surface area (Å²) < 4.78 is 5.74. The fourth-order valence-corrected chi connectivity index (χ4v) is 2.23. The van der Waals surface area contributed by atoms with Crippen molar-refractivity contribution in [3.63, 3.8) is 0 Å². The van der Waals surface area contributed by atoms with Crippen LogP contribution >= 0.6 is 23.2 Å². The minimum absolute atomic E-state index is 0.400. The summed E-state index contributed by atoms with van der Waals surface area (Å²) >= 11 is 11.7. The number of pyridine rings is 1. The molecule has 2 rings (SSSR count). The van der Waals surface area contributed by atoms with Crippen molar-refractivity contribution in [2.24, 2.45) is 0 Å². The van der Waals surface area contributed by atoms with Crippen LogP contribution in [0.4, 0.5) is 0 Å². The Kier molecular flexibility index (Phi) is 3.84. The van der Waals surface area contributed by atoms with Crippen molar-refractivity contribution in [3.05, 3.63) is 28.0 Å². The van der Waals surface area contributed by atoms with Gasteiger partial charge in [-0.25, -0.2) is 4.98 Å². The van der Waals surface area contributed by atoms with E-state index in [0.29, 0.717) is 22.9 Å². The van der Waals surface area contributed by atoms with Gasteiger partial charge < -0.3 is 4.74 Å². The Balaban J connectivity index is 1.92. The van der Waals surface area contributed by atoms with Crippen LogP contribution in [0.5, 0.6) is 0 Å². The van der Waals surface area contributed by atoms with E-state index in [1.54, 1.807) is 12.3 Å². The van der Waals surface area contributed by atoms with Crippen LogP contribution in [0.2, 0.25) is 10.2 Å². The third kappa shape index (κ3) is 3.07. The summed E-state index contributed by atoms with van der Waals surface area (Å²) in [4.78, 5) is 3.99. The normalized spacial score (nSPS) is 17.2. The molecule has 0 unspecified atom stereocenters. The minimum Gasteiger partial charge on any atom is -0.373 e. The lowest BCUT2D eigenvalue weighted by atomic mass is 10.3. The van der Waals surface area contributed by atoms with E-state index in [2.05, 4.69) is 4.98 Å². The van der Waals surface area contributed by atoms with Gasteiger partial charge >= 0.3 is 0 Å². The van der Waals surface area contributed by atoms with Gasteiger partial charge in [-0.2, -0.15) is 0 Å². The second kappa shape index (κ2) is 5.15. The molecule has 0 amide bonds. The molecule has 2 nitrogen and oxygen atoms in total. The topological polar surface area (TPSA) is 22.1 Å². The molecule has 1 aromatic heterocycles. The SMILES string of the molecule is Clc1cc(Cl)c(COC2CCCC2)cn1. The predicted molar refractivity (Wildman–Crippen MR) is 61.3 cm³/mol. The third-order valence-corrected chi connectivity index (χ3v) is 3.23. The zero-order valence-corrected chi connectivity index (χ0v) is 9.89. The molecule has 1 aromatic rings. The summed E-state index contributed by atoms with van der Waals surface area (Å²) in [5.41, 5.74) is 0.910. The molecule has 0 saturated heterocycles. The highest BCUT2D eigenvalue weighted by Crippen LogP contribution is 2.24. The van der Waals surface area contributed by atoms with Crippen LogP contribution in [-0.2, 0) is 11.3 Å². The molecule has 0 atom stereocenters. The highest BCUT2D eigenvalue weighted by atomic mass is 35.5. The van der Waals surface area contributed by atoms with Gasteiger partial charge in [0, 0.05) is 11.8 Å². The van der Waals surface area contributed by atoms with E-state index in [9.17, 15) is 0 Å². The fraction of sp³-hybridized carbons (Fsp3) is 0.545. The largest absolute Gasteiger partial charge is 0.373 e. The molecular formula is C11H13Cl2NO. The number of nitrogens with zero attached hydrogens (tertiary/aromatic N) is 1. The lowest BCUT2D eigenvalue weighted by Gasteiger charge is -2.11. The van der Waals surface area contributed by atoms with E-state index in [-0.39, 0.29) is 0 Å². The third-order valence-electron chi connectivity index (χ3n) is 2.67. The number of aromatic nitrogens is 1. The number of halogens is 2. The van der Waals surface area contributed by atoms with Crippen LogP contribution in [-0.4, -0.2) is 11.1 Å². The zero-order chi connectivity index (χ0) is 10.7. The van der Waals surface area contributed by atoms with Gasteiger partial charge in [0.2, 0.25) is 0 Å². The van der Waals surface area contributed by atoms with Crippen LogP contribution in [0.15, 0.2) is 12.3 Å². The Hall–Kier alpha value is -0.310. The average molecular weight is 246 g/mol. The maximum absolute atomic E-state index is 6.01. The van der Waals surface area contributed by atoms with Crippen LogP contribution < -0.4 is 0 Å². The highest BCUT2D eigenvalue weighted by molar-refractivity contribution is 6.34. The molecule has 0 bridgehead atoms. The van der Waals surface area contributed by atoms with Crippen molar-refractivity contribution in [3.8, 4) is 0 Å². The predicted octanol–water partition coefficient (Wildman–Crippen LogP) is 3.85. The monoisotopic (exact) mass is 245 g/mol. The number of rotatable bonds is 3. The van der Waals surface area contributed by atoms with E-state index in [1.165, 1.54) is 25.7 Å². The standard InChI is InChI=1S/C11H13Cl2NO/c12-10-5-11(13)14-6-8(10)7-15-9-3-1-2-4-9/h5-6,9H,1-4,7H2. The van der Waals surface area contributed by atoms with Crippen molar-refractivity contribution in [2.45, 2.75) is 38.4 Å². The maximum atomic E-state index is 6.01. The van der Waals surface area contributed by atoms with Gasteiger partial charge in [-0.15, -0.1) is 0 Å². The lowest BCUT2D eigenvalue weighted by Crippen LogP contribution is -2.07. The van der Waals surface area contributed by atoms with Crippen molar-refractivity contribution in [1.29, 1.82) is 0 Å². The van der Waals surface area contributed by atoms with Gasteiger partial charge in [-0.1, -0.05) is 36.0 Å². The van der Waals surface area contributed by atoms with E-state index in [4.69, 9.17) is 27.9 Å². The Morgan fingerprint density at radius 1 is 1.33 bits per heavy atom. The van der Waals surface area contributed by atoms with Gasteiger partial charge in [-0.05, 0) is 18.9 Å². The van der Waals surface area contributed by atoms with E-state index in [0.717, 1.165) is 5.56 Å². The van der Waals surface area contributed by atoms with Gasteiger partial charge in [0.25, 0.3) is 0 Å². The molecule has 4 heteroatoms. The molecule has 1 heterocycles. The summed E-state index contributed by atoms with van der Waals surface area (Å²) in [5.74, 6) is 0. The second-order valence-corrected chi connectivity index (χ2v) is 4.61. The van der Waals surface area contributed by atoms with Crippen LogP contribution in [0, 0.1) is 0 Å². The smallest absolute Gasteiger partial charge is 0.130 e. The van der Waals surface area contributed by atoms with Crippen LogP contribution in [0.1, 0.15) is 31.2 Å². The van der Waals surface area contributed by atoms with Crippen molar-refractivity contribution in [2.75, 3.05) is 0 Å². The molecule has 15 heavy (non-hydrogen) atoms.